The van der Waals surface area contributed by atoms with Crippen molar-refractivity contribution < 1.29 is 8.83 Å². The van der Waals surface area contributed by atoms with Gasteiger partial charge in [-0.25, -0.2) is 0 Å². The molecule has 3 aromatic heterocycles. The maximum atomic E-state index is 7.39. The Morgan fingerprint density at radius 3 is 1.84 bits per heavy atom. The Labute approximate surface area is 398 Å². The first-order valence-electron chi connectivity index (χ1n) is 24.5. The van der Waals surface area contributed by atoms with Gasteiger partial charge in [0, 0.05) is 72.0 Å². The number of para-hydroxylation sites is 2. The van der Waals surface area contributed by atoms with Gasteiger partial charge in [-0.3, -0.25) is 0 Å². The van der Waals surface area contributed by atoms with E-state index < -0.39 is 0 Å². The predicted molar refractivity (Wildman–Crippen MR) is 288 cm³/mol. The van der Waals surface area contributed by atoms with Crippen LogP contribution in [-0.2, 0) is 21.7 Å². The van der Waals surface area contributed by atoms with Crippen molar-refractivity contribution in [3.05, 3.63) is 161 Å². The minimum absolute atomic E-state index is 0.00472. The first-order chi connectivity index (χ1) is 32.4. The summed E-state index contributed by atoms with van der Waals surface area (Å²) in [6.45, 7) is 25.5. The molecule has 0 unspecified atom stereocenters. The van der Waals surface area contributed by atoms with Gasteiger partial charge in [-0.15, -0.1) is 0 Å². The SMILES string of the molecule is CC(C)(C)c1ccc(N2B3c4cc5c(cc4-n4c6ccc(C(C)(C)C)cc6c6c7c(oc8ccccc87)c(c3c64)-c3cc4c(cc32)C(C)(C)c2ccc(C(C)(C)C)cc2-4)oc2ccccc25)cc1. The fourth-order valence-corrected chi connectivity index (χ4v) is 12.6. The molecule has 68 heavy (non-hydrogen) atoms. The molecule has 14 rings (SSSR count). The van der Waals surface area contributed by atoms with E-state index in [-0.39, 0.29) is 28.5 Å². The third-order valence-electron chi connectivity index (χ3n) is 16.2. The van der Waals surface area contributed by atoms with Crippen molar-refractivity contribution in [1.82, 2.24) is 4.57 Å². The van der Waals surface area contributed by atoms with Crippen LogP contribution < -0.4 is 15.7 Å². The summed E-state index contributed by atoms with van der Waals surface area (Å²) in [6, 6.07) is 51.0. The second kappa shape index (κ2) is 12.8. The summed E-state index contributed by atoms with van der Waals surface area (Å²) in [4.78, 5) is 2.69. The second-order valence-electron chi connectivity index (χ2n) is 23.8. The summed E-state index contributed by atoms with van der Waals surface area (Å²) in [6.07, 6.45) is 0. The van der Waals surface area contributed by atoms with Gasteiger partial charge < -0.3 is 18.2 Å². The second-order valence-corrected chi connectivity index (χ2v) is 23.8. The number of hydrogen-bond acceptors (Lipinski definition) is 3. The van der Waals surface area contributed by atoms with Crippen molar-refractivity contribution in [2.24, 2.45) is 0 Å². The van der Waals surface area contributed by atoms with Crippen LogP contribution in [0.5, 0.6) is 0 Å². The lowest BCUT2D eigenvalue weighted by molar-refractivity contribution is 0.589. The number of benzene rings is 8. The topological polar surface area (TPSA) is 34.5 Å². The smallest absolute Gasteiger partial charge is 0.333 e. The zero-order chi connectivity index (χ0) is 46.7. The highest BCUT2D eigenvalue weighted by atomic mass is 16.3. The van der Waals surface area contributed by atoms with Crippen LogP contribution in [0.15, 0.2) is 142 Å². The molecule has 0 atom stereocenters. The number of furan rings is 2. The average molecular weight is 883 g/mol. The maximum absolute atomic E-state index is 7.39. The van der Waals surface area contributed by atoms with Gasteiger partial charge in [0.25, 0.3) is 0 Å². The molecule has 5 heterocycles. The van der Waals surface area contributed by atoms with E-state index in [1.54, 1.807) is 0 Å². The van der Waals surface area contributed by atoms with Crippen LogP contribution in [0, 0.1) is 0 Å². The quantitative estimate of drug-likeness (QED) is 0.154. The van der Waals surface area contributed by atoms with Gasteiger partial charge in [0.2, 0.25) is 0 Å². The molecule has 11 aromatic rings. The normalized spacial score (nSPS) is 15.0. The molecule has 0 radical (unpaired) electrons. The van der Waals surface area contributed by atoms with E-state index in [9.17, 15) is 0 Å². The summed E-state index contributed by atoms with van der Waals surface area (Å²) in [5.41, 5.74) is 23.6. The van der Waals surface area contributed by atoms with Crippen LogP contribution in [0.25, 0.3) is 93.6 Å². The molecule has 0 amide bonds. The lowest BCUT2D eigenvalue weighted by Gasteiger charge is -2.42. The van der Waals surface area contributed by atoms with E-state index in [4.69, 9.17) is 8.83 Å². The highest BCUT2D eigenvalue weighted by Gasteiger charge is 2.48. The first kappa shape index (κ1) is 40.1. The first-order valence-corrected chi connectivity index (χ1v) is 24.5. The van der Waals surface area contributed by atoms with Crippen LogP contribution in [0.1, 0.15) is 104 Å². The van der Waals surface area contributed by atoms with Gasteiger partial charge in [-0.1, -0.05) is 155 Å². The standard InChI is InChI=1S/C63H55BN2O2/c1-60(2,3)34-20-24-37(25-21-34)66-49-32-46-41(40-28-35(61(4,5)6)22-26-45(40)63(46,10)11)30-44(49)56-57-58-54(55-39-17-13-15-19-52(39)68-59(55)56)43-29-36(62(7,8)9)23-27-48(43)65(58)50-33-53-42(31-47(50)64(57)66)38-16-12-14-18-51(38)67-53/h12-33H,1-11H3. The summed E-state index contributed by atoms with van der Waals surface area (Å²) in [7, 11) is 0. The molecule has 332 valence electrons. The molecule has 0 fully saturated rings. The molecule has 0 saturated heterocycles. The lowest BCUT2D eigenvalue weighted by Crippen LogP contribution is -2.60. The maximum Gasteiger partial charge on any atom is 0.333 e. The van der Waals surface area contributed by atoms with Crippen molar-refractivity contribution in [3.63, 3.8) is 0 Å². The van der Waals surface area contributed by atoms with Crippen molar-refractivity contribution in [1.29, 1.82) is 0 Å². The van der Waals surface area contributed by atoms with E-state index in [0.717, 1.165) is 44.2 Å². The Kier molecular flexibility index (Phi) is 7.53. The molecule has 4 nitrogen and oxygen atoms in total. The van der Waals surface area contributed by atoms with Gasteiger partial charge >= 0.3 is 6.85 Å². The number of nitrogens with zero attached hydrogens (tertiary/aromatic N) is 2. The lowest BCUT2D eigenvalue weighted by atomic mass is 9.43. The summed E-state index contributed by atoms with van der Waals surface area (Å²) in [5.74, 6) is 0. The van der Waals surface area contributed by atoms with Gasteiger partial charge in [-0.2, -0.15) is 0 Å². The van der Waals surface area contributed by atoms with Gasteiger partial charge in [-0.05, 0) is 115 Å². The van der Waals surface area contributed by atoms with Crippen molar-refractivity contribution in [2.45, 2.75) is 97.8 Å². The average Bonchev–Trinajstić information content (AvgIpc) is 4.03. The van der Waals surface area contributed by atoms with Crippen LogP contribution in [-0.4, -0.2) is 11.4 Å². The summed E-state index contributed by atoms with van der Waals surface area (Å²) >= 11 is 0. The molecular formula is C63H55BN2O2. The molecule has 3 aliphatic rings. The summed E-state index contributed by atoms with van der Waals surface area (Å²) < 4.78 is 16.8. The minimum atomic E-state index is -0.222. The molecule has 1 aliphatic carbocycles. The highest BCUT2D eigenvalue weighted by molar-refractivity contribution is 6.94. The fourth-order valence-electron chi connectivity index (χ4n) is 12.6. The Bertz CT molecular complexity index is 4060. The molecule has 5 heteroatoms. The van der Waals surface area contributed by atoms with E-state index in [1.165, 1.54) is 99.6 Å². The Hall–Kier alpha value is -6.98. The van der Waals surface area contributed by atoms with Gasteiger partial charge in [0.15, 0.2) is 0 Å². The molecule has 0 N–H and O–H groups in total. The fraction of sp³-hybridized carbons (Fsp3) is 0.238. The zero-order valence-electron chi connectivity index (χ0n) is 41.0. The number of aromatic nitrogens is 1. The monoisotopic (exact) mass is 882 g/mol. The predicted octanol–water partition coefficient (Wildman–Crippen LogP) is 16.0. The zero-order valence-corrected chi connectivity index (χ0v) is 41.0. The van der Waals surface area contributed by atoms with E-state index >= 15 is 0 Å². The van der Waals surface area contributed by atoms with Gasteiger partial charge in [0.1, 0.15) is 22.3 Å². The highest BCUT2D eigenvalue weighted by Crippen LogP contribution is 2.57. The molecule has 0 saturated carbocycles. The van der Waals surface area contributed by atoms with Gasteiger partial charge in [0.05, 0.1) is 11.0 Å². The van der Waals surface area contributed by atoms with Crippen molar-refractivity contribution >= 4 is 94.8 Å². The molecule has 0 bridgehead atoms. The molecular weight excluding hydrogens is 828 g/mol. The van der Waals surface area contributed by atoms with Crippen LogP contribution >= 0.6 is 0 Å². The summed E-state index contributed by atoms with van der Waals surface area (Å²) in [5, 5.41) is 7.08. The largest absolute Gasteiger partial charge is 0.456 e. The van der Waals surface area contributed by atoms with Crippen LogP contribution in [0.4, 0.5) is 11.4 Å². The van der Waals surface area contributed by atoms with E-state index in [2.05, 4.69) is 219 Å². The number of anilines is 2. The Morgan fingerprint density at radius 2 is 1.12 bits per heavy atom. The van der Waals surface area contributed by atoms with Crippen LogP contribution in [0.3, 0.4) is 0 Å². The number of fused-ring (bicyclic) bond motifs is 19. The molecule has 8 aromatic carbocycles. The minimum Gasteiger partial charge on any atom is -0.456 e. The number of rotatable bonds is 1. The van der Waals surface area contributed by atoms with E-state index in [1.807, 2.05) is 0 Å². The molecule has 2 aliphatic heterocycles. The molecule has 0 spiro atoms. The van der Waals surface area contributed by atoms with Crippen molar-refractivity contribution in [3.8, 4) is 27.9 Å². The van der Waals surface area contributed by atoms with Crippen molar-refractivity contribution in [2.75, 3.05) is 4.81 Å². The third kappa shape index (κ3) is 5.12. The Balaban J connectivity index is 1.22. The number of hydrogen-bond donors (Lipinski definition) is 0. The van der Waals surface area contributed by atoms with E-state index in [0.29, 0.717) is 0 Å². The van der Waals surface area contributed by atoms with Crippen LogP contribution in [0.2, 0.25) is 0 Å². The Morgan fingerprint density at radius 1 is 0.485 bits per heavy atom. The third-order valence-corrected chi connectivity index (χ3v) is 16.2.